The first kappa shape index (κ1) is 16.2. The molecular weight excluding hydrogens is 316 g/mol. The molecule has 2 N–H and O–H groups in total. The van der Waals surface area contributed by atoms with E-state index in [-0.39, 0.29) is 17.9 Å². The number of para-hydroxylation sites is 1. The number of amides is 1. The van der Waals surface area contributed by atoms with Crippen molar-refractivity contribution in [3.63, 3.8) is 0 Å². The van der Waals surface area contributed by atoms with Gasteiger partial charge in [-0.1, -0.05) is 18.2 Å². The molecule has 1 saturated carbocycles. The van der Waals surface area contributed by atoms with Crippen LogP contribution in [-0.2, 0) is 13.0 Å². The number of benzene rings is 1. The van der Waals surface area contributed by atoms with Gasteiger partial charge >= 0.3 is 0 Å². The fourth-order valence-corrected chi connectivity index (χ4v) is 3.63. The van der Waals surface area contributed by atoms with Crippen LogP contribution in [-0.4, -0.2) is 30.2 Å². The summed E-state index contributed by atoms with van der Waals surface area (Å²) in [6.45, 7) is 3.49. The van der Waals surface area contributed by atoms with E-state index < -0.39 is 0 Å². The number of anilines is 1. The lowest BCUT2D eigenvalue weighted by atomic mass is 10.1. The third kappa shape index (κ3) is 3.04. The SMILES string of the molecule is CC1Cc2ccccc2N1Cc1ccoc1C(=O)NCC1(CO)CC1. The van der Waals surface area contributed by atoms with Gasteiger partial charge in [0.1, 0.15) is 0 Å². The van der Waals surface area contributed by atoms with Crippen molar-refractivity contribution in [3.05, 3.63) is 53.5 Å². The molecule has 132 valence electrons. The molecule has 2 heterocycles. The number of hydrogen-bond acceptors (Lipinski definition) is 4. The van der Waals surface area contributed by atoms with E-state index in [9.17, 15) is 9.90 Å². The van der Waals surface area contributed by atoms with E-state index in [0.717, 1.165) is 24.8 Å². The van der Waals surface area contributed by atoms with Crippen LogP contribution in [0.1, 0.15) is 41.4 Å². The Balaban J connectivity index is 1.47. The monoisotopic (exact) mass is 340 g/mol. The first-order valence-corrected chi connectivity index (χ1v) is 8.92. The van der Waals surface area contributed by atoms with Crippen LogP contribution in [0.4, 0.5) is 5.69 Å². The number of aliphatic hydroxyl groups excluding tert-OH is 1. The van der Waals surface area contributed by atoms with E-state index in [4.69, 9.17) is 4.42 Å². The van der Waals surface area contributed by atoms with Crippen molar-refractivity contribution >= 4 is 11.6 Å². The number of hydrogen-bond donors (Lipinski definition) is 2. The molecule has 4 rings (SSSR count). The second-order valence-electron chi connectivity index (χ2n) is 7.43. The Bertz CT molecular complexity index is 779. The van der Waals surface area contributed by atoms with Gasteiger partial charge in [-0.25, -0.2) is 0 Å². The van der Waals surface area contributed by atoms with Crippen LogP contribution in [0.2, 0.25) is 0 Å². The van der Waals surface area contributed by atoms with Crippen molar-refractivity contribution in [2.45, 2.75) is 38.8 Å². The molecular formula is C20H24N2O3. The average Bonchev–Trinajstić information content (AvgIpc) is 3.14. The number of aliphatic hydroxyl groups is 1. The van der Waals surface area contributed by atoms with E-state index >= 15 is 0 Å². The summed E-state index contributed by atoms with van der Waals surface area (Å²) < 4.78 is 5.48. The maximum Gasteiger partial charge on any atom is 0.287 e. The van der Waals surface area contributed by atoms with Gasteiger partial charge in [0.15, 0.2) is 5.76 Å². The van der Waals surface area contributed by atoms with Crippen LogP contribution in [0.5, 0.6) is 0 Å². The van der Waals surface area contributed by atoms with Crippen molar-refractivity contribution in [1.82, 2.24) is 5.32 Å². The molecule has 1 aromatic heterocycles. The molecule has 0 spiro atoms. The molecule has 1 atom stereocenters. The molecule has 25 heavy (non-hydrogen) atoms. The third-order valence-electron chi connectivity index (χ3n) is 5.56. The molecule has 2 aromatic rings. The van der Waals surface area contributed by atoms with Gasteiger partial charge in [0, 0.05) is 35.8 Å². The summed E-state index contributed by atoms with van der Waals surface area (Å²) in [6, 6.07) is 10.7. The highest BCUT2D eigenvalue weighted by Crippen LogP contribution is 2.44. The fourth-order valence-electron chi connectivity index (χ4n) is 3.63. The highest BCUT2D eigenvalue weighted by molar-refractivity contribution is 5.93. The van der Waals surface area contributed by atoms with Gasteiger partial charge in [0.05, 0.1) is 12.9 Å². The lowest BCUT2D eigenvalue weighted by molar-refractivity contribution is 0.0906. The standard InChI is InChI=1S/C20H24N2O3/c1-14-10-15-4-2-3-5-17(15)22(14)11-16-6-9-25-18(16)19(24)21-12-20(13-23)7-8-20/h2-6,9,14,23H,7-8,10-13H2,1H3,(H,21,24). The number of rotatable bonds is 6. The zero-order chi connectivity index (χ0) is 17.4. The molecule has 1 amide bonds. The maximum atomic E-state index is 12.5. The Morgan fingerprint density at radius 3 is 2.92 bits per heavy atom. The van der Waals surface area contributed by atoms with Gasteiger partial charge in [-0.3, -0.25) is 4.79 Å². The van der Waals surface area contributed by atoms with E-state index in [1.54, 1.807) is 6.26 Å². The van der Waals surface area contributed by atoms with Gasteiger partial charge in [-0.05, 0) is 43.9 Å². The zero-order valence-electron chi connectivity index (χ0n) is 14.5. The third-order valence-corrected chi connectivity index (χ3v) is 5.56. The number of nitrogens with zero attached hydrogens (tertiary/aromatic N) is 1. The molecule has 1 aliphatic carbocycles. The number of furan rings is 1. The number of carbonyl (C=O) groups is 1. The number of fused-ring (bicyclic) bond motifs is 1. The minimum atomic E-state index is -0.195. The molecule has 5 nitrogen and oxygen atoms in total. The van der Waals surface area contributed by atoms with Crippen molar-refractivity contribution < 1.29 is 14.3 Å². The number of carbonyl (C=O) groups excluding carboxylic acids is 1. The van der Waals surface area contributed by atoms with E-state index in [0.29, 0.717) is 24.9 Å². The van der Waals surface area contributed by atoms with Crippen LogP contribution < -0.4 is 10.2 Å². The van der Waals surface area contributed by atoms with Crippen molar-refractivity contribution in [1.29, 1.82) is 0 Å². The summed E-state index contributed by atoms with van der Waals surface area (Å²) in [6.07, 6.45) is 4.54. The summed E-state index contributed by atoms with van der Waals surface area (Å²) >= 11 is 0. The Kier molecular flexibility index (Phi) is 4.04. The minimum Gasteiger partial charge on any atom is -0.459 e. The minimum absolute atomic E-state index is 0.106. The molecule has 0 saturated heterocycles. The fraction of sp³-hybridized carbons (Fsp3) is 0.450. The smallest absolute Gasteiger partial charge is 0.287 e. The molecule has 2 aliphatic rings. The van der Waals surface area contributed by atoms with Gasteiger partial charge in [0.2, 0.25) is 0 Å². The molecule has 1 unspecified atom stereocenters. The summed E-state index contributed by atoms with van der Waals surface area (Å²) in [5, 5.41) is 12.3. The van der Waals surface area contributed by atoms with E-state index in [2.05, 4.69) is 41.4 Å². The largest absolute Gasteiger partial charge is 0.459 e. The Labute approximate surface area is 147 Å². The second kappa shape index (κ2) is 6.23. The predicted octanol–water partition coefficient (Wildman–Crippen LogP) is 2.73. The highest BCUT2D eigenvalue weighted by atomic mass is 16.3. The molecule has 0 radical (unpaired) electrons. The summed E-state index contributed by atoms with van der Waals surface area (Å²) in [5.74, 6) is 0.185. The average molecular weight is 340 g/mol. The molecule has 1 aliphatic heterocycles. The van der Waals surface area contributed by atoms with Crippen LogP contribution in [0.3, 0.4) is 0 Å². The quantitative estimate of drug-likeness (QED) is 0.849. The molecule has 1 fully saturated rings. The molecule has 1 aromatic carbocycles. The lowest BCUT2D eigenvalue weighted by Gasteiger charge is -2.24. The Morgan fingerprint density at radius 1 is 1.36 bits per heavy atom. The number of nitrogens with one attached hydrogen (secondary N) is 1. The van der Waals surface area contributed by atoms with Crippen molar-refractivity contribution in [2.75, 3.05) is 18.1 Å². The zero-order valence-corrected chi connectivity index (χ0v) is 14.5. The van der Waals surface area contributed by atoms with Crippen LogP contribution in [0.25, 0.3) is 0 Å². The molecule has 5 heteroatoms. The van der Waals surface area contributed by atoms with E-state index in [1.807, 2.05) is 6.07 Å². The summed E-state index contributed by atoms with van der Waals surface area (Å²) in [7, 11) is 0. The van der Waals surface area contributed by atoms with Gasteiger partial charge in [-0.15, -0.1) is 0 Å². The van der Waals surface area contributed by atoms with Crippen molar-refractivity contribution in [3.8, 4) is 0 Å². The van der Waals surface area contributed by atoms with Gasteiger partial charge < -0.3 is 19.7 Å². The normalized spacial score (nSPS) is 20.4. The lowest BCUT2D eigenvalue weighted by Crippen LogP contribution is -2.33. The first-order valence-electron chi connectivity index (χ1n) is 8.92. The topological polar surface area (TPSA) is 65.7 Å². The van der Waals surface area contributed by atoms with Gasteiger partial charge in [0.25, 0.3) is 5.91 Å². The van der Waals surface area contributed by atoms with Gasteiger partial charge in [-0.2, -0.15) is 0 Å². The summed E-state index contributed by atoms with van der Waals surface area (Å²) in [5.41, 5.74) is 3.38. The van der Waals surface area contributed by atoms with Crippen LogP contribution in [0, 0.1) is 5.41 Å². The highest BCUT2D eigenvalue weighted by Gasteiger charge is 2.42. The Morgan fingerprint density at radius 2 is 2.16 bits per heavy atom. The maximum absolute atomic E-state index is 12.5. The van der Waals surface area contributed by atoms with E-state index in [1.165, 1.54) is 11.3 Å². The Hall–Kier alpha value is -2.27. The van der Waals surface area contributed by atoms with Crippen LogP contribution >= 0.6 is 0 Å². The van der Waals surface area contributed by atoms with Crippen molar-refractivity contribution in [2.24, 2.45) is 5.41 Å². The molecule has 0 bridgehead atoms. The second-order valence-corrected chi connectivity index (χ2v) is 7.43. The first-order chi connectivity index (χ1) is 12.1. The predicted molar refractivity (Wildman–Crippen MR) is 95.6 cm³/mol. The summed E-state index contributed by atoms with van der Waals surface area (Å²) in [4.78, 5) is 14.8. The van der Waals surface area contributed by atoms with Crippen LogP contribution in [0.15, 0.2) is 41.0 Å².